The maximum absolute atomic E-state index is 12.3. The third-order valence-electron chi connectivity index (χ3n) is 5.44. The van der Waals surface area contributed by atoms with Crippen LogP contribution >= 0.6 is 0 Å². The summed E-state index contributed by atoms with van der Waals surface area (Å²) < 4.78 is 29.9. The van der Waals surface area contributed by atoms with Crippen molar-refractivity contribution in [3.8, 4) is 0 Å². The zero-order chi connectivity index (χ0) is 16.4. The highest BCUT2D eigenvalue weighted by Gasteiger charge is 2.30. The van der Waals surface area contributed by atoms with E-state index in [1.807, 2.05) is 0 Å². The molecule has 2 saturated carbocycles. The van der Waals surface area contributed by atoms with Crippen molar-refractivity contribution in [3.05, 3.63) is 11.7 Å². The molecule has 2 aliphatic rings. The summed E-state index contributed by atoms with van der Waals surface area (Å²) in [4.78, 5) is 4.49. The summed E-state index contributed by atoms with van der Waals surface area (Å²) in [7, 11) is -3.02. The summed E-state index contributed by atoms with van der Waals surface area (Å²) in [6.45, 7) is 4.55. The van der Waals surface area contributed by atoms with Crippen LogP contribution in [0.25, 0.3) is 0 Å². The van der Waals surface area contributed by atoms with Gasteiger partial charge in [0.25, 0.3) is 0 Å². The number of aromatic nitrogens is 2. The SMILES string of the molecule is C[C@@H]1CC(c2noc(CCS(=O)(=O)C3CCCC3)n2)C[C@H](C)C1. The van der Waals surface area contributed by atoms with Gasteiger partial charge < -0.3 is 4.52 Å². The fourth-order valence-corrected chi connectivity index (χ4v) is 6.18. The molecule has 130 valence electrons. The number of aryl methyl sites for hydroxylation is 1. The second-order valence-electron chi connectivity index (χ2n) is 7.68. The van der Waals surface area contributed by atoms with Gasteiger partial charge in [0.05, 0.1) is 11.0 Å². The summed E-state index contributed by atoms with van der Waals surface area (Å²) in [6, 6.07) is 0. The Kier molecular flexibility index (Phi) is 5.09. The van der Waals surface area contributed by atoms with Crippen molar-refractivity contribution < 1.29 is 12.9 Å². The van der Waals surface area contributed by atoms with Crippen molar-refractivity contribution in [1.29, 1.82) is 0 Å². The Morgan fingerprint density at radius 1 is 1.09 bits per heavy atom. The monoisotopic (exact) mass is 340 g/mol. The van der Waals surface area contributed by atoms with Gasteiger partial charge in [-0.25, -0.2) is 8.42 Å². The molecule has 0 bridgehead atoms. The van der Waals surface area contributed by atoms with Crippen LogP contribution in [0.2, 0.25) is 0 Å². The molecule has 1 aromatic rings. The highest BCUT2D eigenvalue weighted by molar-refractivity contribution is 7.92. The van der Waals surface area contributed by atoms with Crippen molar-refractivity contribution >= 4 is 9.84 Å². The van der Waals surface area contributed by atoms with Crippen molar-refractivity contribution in [2.45, 2.75) is 76.4 Å². The second kappa shape index (κ2) is 6.91. The summed E-state index contributed by atoms with van der Waals surface area (Å²) >= 11 is 0. The van der Waals surface area contributed by atoms with E-state index in [1.165, 1.54) is 6.42 Å². The molecule has 3 atom stereocenters. The van der Waals surface area contributed by atoms with Crippen LogP contribution in [0.5, 0.6) is 0 Å². The molecule has 2 fully saturated rings. The molecular formula is C17H28N2O3S. The molecule has 3 rings (SSSR count). The normalized spacial score (nSPS) is 29.9. The third kappa shape index (κ3) is 4.14. The van der Waals surface area contributed by atoms with Gasteiger partial charge in [-0.2, -0.15) is 4.98 Å². The molecule has 0 spiro atoms. The fourth-order valence-electron chi connectivity index (χ4n) is 4.34. The number of rotatable bonds is 5. The van der Waals surface area contributed by atoms with Crippen LogP contribution in [-0.2, 0) is 16.3 Å². The van der Waals surface area contributed by atoms with Crippen LogP contribution in [-0.4, -0.2) is 29.6 Å². The summed E-state index contributed by atoms with van der Waals surface area (Å²) in [5.41, 5.74) is 0. The highest BCUT2D eigenvalue weighted by atomic mass is 32.2. The van der Waals surface area contributed by atoms with E-state index in [0.717, 1.165) is 44.3 Å². The van der Waals surface area contributed by atoms with Gasteiger partial charge >= 0.3 is 0 Å². The lowest BCUT2D eigenvalue weighted by Gasteiger charge is -2.29. The predicted molar refractivity (Wildman–Crippen MR) is 89.0 cm³/mol. The molecule has 23 heavy (non-hydrogen) atoms. The van der Waals surface area contributed by atoms with E-state index in [9.17, 15) is 8.42 Å². The summed E-state index contributed by atoms with van der Waals surface area (Å²) in [6.07, 6.45) is 7.52. The largest absolute Gasteiger partial charge is 0.339 e. The van der Waals surface area contributed by atoms with Gasteiger partial charge in [0.1, 0.15) is 0 Å². The van der Waals surface area contributed by atoms with Crippen LogP contribution in [0, 0.1) is 11.8 Å². The first-order valence-corrected chi connectivity index (χ1v) is 10.7. The van der Waals surface area contributed by atoms with Gasteiger partial charge in [-0.1, -0.05) is 31.8 Å². The van der Waals surface area contributed by atoms with Gasteiger partial charge in [0, 0.05) is 12.3 Å². The van der Waals surface area contributed by atoms with Crippen LogP contribution in [0.15, 0.2) is 4.52 Å². The topological polar surface area (TPSA) is 73.1 Å². The average molecular weight is 340 g/mol. The predicted octanol–water partition coefficient (Wildman–Crippen LogP) is 3.51. The van der Waals surface area contributed by atoms with E-state index < -0.39 is 9.84 Å². The lowest BCUT2D eigenvalue weighted by atomic mass is 9.76. The van der Waals surface area contributed by atoms with E-state index in [4.69, 9.17) is 4.52 Å². The van der Waals surface area contributed by atoms with Crippen LogP contribution in [0.4, 0.5) is 0 Å². The molecule has 0 saturated heterocycles. The fraction of sp³-hybridized carbons (Fsp3) is 0.882. The van der Waals surface area contributed by atoms with E-state index in [-0.39, 0.29) is 11.0 Å². The van der Waals surface area contributed by atoms with Gasteiger partial charge in [-0.15, -0.1) is 0 Å². The maximum atomic E-state index is 12.3. The number of hydrogen-bond donors (Lipinski definition) is 0. The first-order valence-electron chi connectivity index (χ1n) is 8.98. The first kappa shape index (κ1) is 16.9. The molecule has 0 radical (unpaired) electrons. The lowest BCUT2D eigenvalue weighted by Crippen LogP contribution is -2.22. The maximum Gasteiger partial charge on any atom is 0.227 e. The second-order valence-corrected chi connectivity index (χ2v) is 10.1. The van der Waals surface area contributed by atoms with Crippen LogP contribution < -0.4 is 0 Å². The van der Waals surface area contributed by atoms with E-state index in [0.29, 0.717) is 30.1 Å². The van der Waals surface area contributed by atoms with Crippen molar-refractivity contribution in [3.63, 3.8) is 0 Å². The Morgan fingerprint density at radius 3 is 2.39 bits per heavy atom. The minimum Gasteiger partial charge on any atom is -0.339 e. The Morgan fingerprint density at radius 2 is 1.74 bits per heavy atom. The standard InChI is InChI=1S/C17H28N2O3S/c1-12-9-13(2)11-14(10-12)17-18-16(22-19-17)7-8-23(20,21)15-5-3-4-6-15/h12-15H,3-11H2,1-2H3/t12-,13+,14?. The number of hydrogen-bond acceptors (Lipinski definition) is 5. The lowest BCUT2D eigenvalue weighted by molar-refractivity contribution is 0.257. The highest BCUT2D eigenvalue weighted by Crippen LogP contribution is 2.37. The molecule has 0 aliphatic heterocycles. The third-order valence-corrected chi connectivity index (χ3v) is 7.70. The Hall–Kier alpha value is -0.910. The van der Waals surface area contributed by atoms with Gasteiger partial charge in [0.2, 0.25) is 5.89 Å². The Bertz CT molecular complexity index is 610. The quantitative estimate of drug-likeness (QED) is 0.820. The van der Waals surface area contributed by atoms with Gasteiger partial charge in [0.15, 0.2) is 15.7 Å². The first-order chi connectivity index (χ1) is 10.9. The van der Waals surface area contributed by atoms with E-state index >= 15 is 0 Å². The van der Waals surface area contributed by atoms with Crippen molar-refractivity contribution in [1.82, 2.24) is 10.1 Å². The van der Waals surface area contributed by atoms with Gasteiger partial charge in [-0.05, 0) is 43.9 Å². The van der Waals surface area contributed by atoms with Crippen LogP contribution in [0.1, 0.15) is 76.4 Å². The molecule has 0 aromatic carbocycles. The number of nitrogens with zero attached hydrogens (tertiary/aromatic N) is 2. The molecule has 5 nitrogen and oxygen atoms in total. The zero-order valence-electron chi connectivity index (χ0n) is 14.2. The average Bonchev–Trinajstić information content (AvgIpc) is 3.16. The van der Waals surface area contributed by atoms with Crippen LogP contribution in [0.3, 0.4) is 0 Å². The summed E-state index contributed by atoms with van der Waals surface area (Å²) in [5.74, 6) is 3.13. The molecule has 1 unspecified atom stereocenters. The Balaban J connectivity index is 1.59. The molecule has 1 heterocycles. The minimum absolute atomic E-state index is 0.136. The number of sulfone groups is 1. The minimum atomic E-state index is -3.02. The molecule has 0 N–H and O–H groups in total. The van der Waals surface area contributed by atoms with Crippen molar-refractivity contribution in [2.75, 3.05) is 5.75 Å². The molecular weight excluding hydrogens is 312 g/mol. The van der Waals surface area contributed by atoms with Gasteiger partial charge in [-0.3, -0.25) is 0 Å². The molecule has 1 aromatic heterocycles. The summed E-state index contributed by atoms with van der Waals surface area (Å²) in [5, 5.41) is 3.98. The Labute approximate surface area is 139 Å². The smallest absolute Gasteiger partial charge is 0.227 e. The van der Waals surface area contributed by atoms with Crippen molar-refractivity contribution in [2.24, 2.45) is 11.8 Å². The van der Waals surface area contributed by atoms with E-state index in [1.54, 1.807) is 0 Å². The molecule has 6 heteroatoms. The molecule has 0 amide bonds. The van der Waals surface area contributed by atoms with E-state index in [2.05, 4.69) is 24.0 Å². The zero-order valence-corrected chi connectivity index (χ0v) is 15.0. The molecule has 2 aliphatic carbocycles.